The van der Waals surface area contributed by atoms with Crippen LogP contribution in [0.25, 0.3) is 11.3 Å². The maximum absolute atomic E-state index is 11.7. The van der Waals surface area contributed by atoms with Gasteiger partial charge in [0.05, 0.1) is 5.56 Å². The molecule has 0 saturated carbocycles. The summed E-state index contributed by atoms with van der Waals surface area (Å²) in [4.78, 5) is 18.5. The summed E-state index contributed by atoms with van der Waals surface area (Å²) < 4.78 is 0. The molecule has 5 nitrogen and oxygen atoms in total. The second-order valence-corrected chi connectivity index (χ2v) is 4.46. The Morgan fingerprint density at radius 2 is 2.22 bits per heavy atom. The van der Waals surface area contributed by atoms with Gasteiger partial charge in [0, 0.05) is 36.1 Å². The van der Waals surface area contributed by atoms with Crippen molar-refractivity contribution in [2.24, 2.45) is 0 Å². The van der Waals surface area contributed by atoms with E-state index >= 15 is 0 Å². The van der Waals surface area contributed by atoms with E-state index < -0.39 is 0 Å². The zero-order valence-corrected chi connectivity index (χ0v) is 10.1. The zero-order chi connectivity index (χ0) is 12.7. The average molecular weight is 264 g/mol. The number of carbonyl (C=O) groups is 1. The van der Waals surface area contributed by atoms with Crippen LogP contribution in [0.5, 0.6) is 5.88 Å². The number of nitrogens with zero attached hydrogens (tertiary/aromatic N) is 1. The van der Waals surface area contributed by atoms with Crippen molar-refractivity contribution in [2.45, 2.75) is 6.42 Å². The molecule has 0 spiro atoms. The first kappa shape index (κ1) is 11.1. The van der Waals surface area contributed by atoms with Gasteiger partial charge in [0.2, 0.25) is 5.88 Å². The van der Waals surface area contributed by atoms with Gasteiger partial charge >= 0.3 is 0 Å². The van der Waals surface area contributed by atoms with E-state index in [0.29, 0.717) is 23.4 Å². The van der Waals surface area contributed by atoms with Crippen molar-refractivity contribution >= 4 is 17.5 Å². The van der Waals surface area contributed by atoms with Gasteiger partial charge in [0.25, 0.3) is 5.91 Å². The Kier molecular flexibility index (Phi) is 2.48. The number of pyridine rings is 1. The summed E-state index contributed by atoms with van der Waals surface area (Å²) in [6, 6.07) is 3.43. The number of aromatic nitrogens is 2. The van der Waals surface area contributed by atoms with Crippen molar-refractivity contribution in [1.82, 2.24) is 15.3 Å². The lowest BCUT2D eigenvalue weighted by Gasteiger charge is -2.10. The summed E-state index contributed by atoms with van der Waals surface area (Å²) in [6.45, 7) is 0.626. The van der Waals surface area contributed by atoms with Gasteiger partial charge in [-0.15, -0.1) is 0 Å². The van der Waals surface area contributed by atoms with Crippen LogP contribution in [0.15, 0.2) is 18.3 Å². The lowest BCUT2D eigenvalue weighted by molar-refractivity contribution is 0.0946. The molecule has 0 atom stereocenters. The average Bonchev–Trinajstić information content (AvgIpc) is 2.78. The quantitative estimate of drug-likeness (QED) is 0.733. The van der Waals surface area contributed by atoms with E-state index in [4.69, 9.17) is 11.6 Å². The highest BCUT2D eigenvalue weighted by Crippen LogP contribution is 2.33. The van der Waals surface area contributed by atoms with Crippen molar-refractivity contribution in [3.05, 3.63) is 34.6 Å². The number of rotatable bonds is 1. The molecule has 0 bridgehead atoms. The van der Waals surface area contributed by atoms with Gasteiger partial charge in [0.15, 0.2) is 0 Å². The molecule has 0 fully saturated rings. The van der Waals surface area contributed by atoms with Gasteiger partial charge in [-0.05, 0) is 12.1 Å². The predicted octanol–water partition coefficient (Wildman–Crippen LogP) is 1.72. The Labute approximate surface area is 108 Å². The zero-order valence-electron chi connectivity index (χ0n) is 9.33. The molecule has 0 saturated heterocycles. The summed E-state index contributed by atoms with van der Waals surface area (Å²) in [5.74, 6) is -0.306. The summed E-state index contributed by atoms with van der Waals surface area (Å²) in [5, 5.41) is 12.4. The summed E-state index contributed by atoms with van der Waals surface area (Å²) >= 11 is 5.99. The number of nitrogens with one attached hydrogen (secondary N) is 2. The summed E-state index contributed by atoms with van der Waals surface area (Å²) in [6.07, 6.45) is 2.23. The van der Waals surface area contributed by atoms with Crippen LogP contribution >= 0.6 is 11.6 Å². The molecular weight excluding hydrogens is 254 g/mol. The van der Waals surface area contributed by atoms with Gasteiger partial charge in [-0.3, -0.25) is 4.79 Å². The molecule has 1 amide bonds. The maximum atomic E-state index is 11.7. The Balaban J connectivity index is 2.13. The molecule has 92 valence electrons. The van der Waals surface area contributed by atoms with E-state index in [0.717, 1.165) is 12.1 Å². The molecule has 0 aliphatic carbocycles. The third kappa shape index (κ3) is 1.64. The minimum absolute atomic E-state index is 0.0897. The van der Waals surface area contributed by atoms with E-state index in [2.05, 4.69) is 15.3 Å². The summed E-state index contributed by atoms with van der Waals surface area (Å²) in [7, 11) is 0. The van der Waals surface area contributed by atoms with Crippen LogP contribution in [0.2, 0.25) is 5.02 Å². The molecule has 0 aromatic carbocycles. The minimum Gasteiger partial charge on any atom is -0.492 e. The molecule has 18 heavy (non-hydrogen) atoms. The molecule has 3 heterocycles. The smallest absolute Gasteiger partial charge is 0.253 e. The SMILES string of the molecule is O=C1NCCc2[nH]c(-c3ccnc(O)c3Cl)cc21. The number of carbonyl (C=O) groups excluding carboxylic acids is 1. The molecule has 3 rings (SSSR count). The van der Waals surface area contributed by atoms with E-state index in [9.17, 15) is 9.90 Å². The third-order valence-electron chi connectivity index (χ3n) is 2.97. The molecular formula is C12H10ClN3O2. The number of halogens is 1. The van der Waals surface area contributed by atoms with Crippen LogP contribution < -0.4 is 5.32 Å². The van der Waals surface area contributed by atoms with Crippen LogP contribution in [0, 0.1) is 0 Å². The van der Waals surface area contributed by atoms with Crippen molar-refractivity contribution in [2.75, 3.05) is 6.54 Å². The van der Waals surface area contributed by atoms with E-state index in [-0.39, 0.29) is 16.8 Å². The fourth-order valence-corrected chi connectivity index (χ4v) is 2.29. The maximum Gasteiger partial charge on any atom is 0.253 e. The van der Waals surface area contributed by atoms with Gasteiger partial charge in [-0.1, -0.05) is 11.6 Å². The first-order valence-corrected chi connectivity index (χ1v) is 5.88. The molecule has 0 radical (unpaired) electrons. The van der Waals surface area contributed by atoms with Crippen LogP contribution in [0.3, 0.4) is 0 Å². The molecule has 1 aliphatic heterocycles. The standard InChI is InChI=1S/C12H10ClN3O2/c13-10-6(1-3-15-12(10)18)9-5-7-8(16-9)2-4-14-11(7)17/h1,3,5,16H,2,4H2,(H,14,17)(H,15,18). The number of aromatic hydroxyl groups is 1. The van der Waals surface area contributed by atoms with Crippen LogP contribution in [-0.2, 0) is 6.42 Å². The molecule has 0 unspecified atom stereocenters. The molecule has 2 aromatic rings. The lowest BCUT2D eigenvalue weighted by Crippen LogP contribution is -2.31. The molecule has 6 heteroatoms. The number of aromatic amines is 1. The highest BCUT2D eigenvalue weighted by atomic mass is 35.5. The van der Waals surface area contributed by atoms with Crippen molar-refractivity contribution in [3.63, 3.8) is 0 Å². The van der Waals surface area contributed by atoms with Crippen molar-refractivity contribution in [3.8, 4) is 17.1 Å². The number of H-pyrrole nitrogens is 1. The summed E-state index contributed by atoms with van der Waals surface area (Å²) in [5.41, 5.74) is 2.86. The van der Waals surface area contributed by atoms with Crippen LogP contribution in [0.4, 0.5) is 0 Å². The Hall–Kier alpha value is -2.01. The second-order valence-electron chi connectivity index (χ2n) is 4.08. The second kappa shape index (κ2) is 4.03. The first-order valence-electron chi connectivity index (χ1n) is 5.50. The Bertz CT molecular complexity index is 636. The van der Waals surface area contributed by atoms with Gasteiger partial charge in [-0.25, -0.2) is 4.98 Å². The first-order chi connectivity index (χ1) is 8.66. The molecule has 3 N–H and O–H groups in total. The minimum atomic E-state index is -0.216. The third-order valence-corrected chi connectivity index (χ3v) is 3.34. The normalized spacial score (nSPS) is 14.2. The topological polar surface area (TPSA) is 78.0 Å². The van der Waals surface area contributed by atoms with Gasteiger partial charge in [0.1, 0.15) is 5.02 Å². The highest BCUT2D eigenvalue weighted by molar-refractivity contribution is 6.34. The number of amides is 1. The van der Waals surface area contributed by atoms with Gasteiger partial charge in [-0.2, -0.15) is 0 Å². The largest absolute Gasteiger partial charge is 0.492 e. The fourth-order valence-electron chi connectivity index (χ4n) is 2.08. The van der Waals surface area contributed by atoms with Gasteiger partial charge < -0.3 is 15.4 Å². The monoisotopic (exact) mass is 263 g/mol. The number of hydrogen-bond donors (Lipinski definition) is 3. The number of fused-ring (bicyclic) bond motifs is 1. The van der Waals surface area contributed by atoms with E-state index in [1.165, 1.54) is 6.20 Å². The Morgan fingerprint density at radius 3 is 3.00 bits per heavy atom. The fraction of sp³-hybridized carbons (Fsp3) is 0.167. The Morgan fingerprint density at radius 1 is 1.39 bits per heavy atom. The predicted molar refractivity (Wildman–Crippen MR) is 66.7 cm³/mol. The number of hydrogen-bond acceptors (Lipinski definition) is 3. The highest BCUT2D eigenvalue weighted by Gasteiger charge is 2.21. The van der Waals surface area contributed by atoms with Crippen LogP contribution in [0.1, 0.15) is 16.1 Å². The molecule has 2 aromatic heterocycles. The lowest BCUT2D eigenvalue weighted by atomic mass is 10.1. The van der Waals surface area contributed by atoms with E-state index in [1.807, 2.05) is 0 Å². The van der Waals surface area contributed by atoms with Crippen molar-refractivity contribution in [1.29, 1.82) is 0 Å². The van der Waals surface area contributed by atoms with E-state index in [1.54, 1.807) is 12.1 Å². The molecule has 1 aliphatic rings. The van der Waals surface area contributed by atoms with Crippen LogP contribution in [-0.4, -0.2) is 27.5 Å². The van der Waals surface area contributed by atoms with Crippen molar-refractivity contribution < 1.29 is 9.90 Å².